The van der Waals surface area contributed by atoms with Crippen molar-refractivity contribution < 1.29 is 32.6 Å². The molecule has 2 heterocycles. The summed E-state index contributed by atoms with van der Waals surface area (Å²) in [7, 11) is -0.230. The van der Waals surface area contributed by atoms with E-state index in [2.05, 4.69) is 10.3 Å². The van der Waals surface area contributed by atoms with E-state index in [0.29, 0.717) is 10.2 Å². The van der Waals surface area contributed by atoms with E-state index in [9.17, 15) is 18.0 Å². The van der Waals surface area contributed by atoms with Crippen molar-refractivity contribution in [2.45, 2.75) is 0 Å². The van der Waals surface area contributed by atoms with E-state index in [1.165, 1.54) is 33.4 Å². The fourth-order valence-electron chi connectivity index (χ4n) is 2.04. The molecule has 3 N–H and O–H groups in total. The number of aliphatic carboxylic acids is 1. The molecule has 13 heteroatoms. The third-order valence-electron chi connectivity index (χ3n) is 3.24. The van der Waals surface area contributed by atoms with Crippen LogP contribution in [0.4, 0.5) is 10.6 Å². The van der Waals surface area contributed by atoms with Gasteiger partial charge in [0.15, 0.2) is 0 Å². The number of carboxylic acids is 1. The summed E-state index contributed by atoms with van der Waals surface area (Å²) in [5, 5.41) is 12.2. The van der Waals surface area contributed by atoms with Crippen LogP contribution in [-0.4, -0.2) is 67.7 Å². The number of anilines is 1. The predicted molar refractivity (Wildman–Crippen MR) is 88.6 cm³/mol. The molecule has 1 aliphatic heterocycles. The second-order valence-corrected chi connectivity index (χ2v) is 6.59. The molecule has 0 aromatic carbocycles. The number of nitrogens with one attached hydrogen (secondary N) is 2. The van der Waals surface area contributed by atoms with Crippen molar-refractivity contribution in [3.63, 3.8) is 0 Å². The Bertz CT molecular complexity index is 832. The van der Waals surface area contributed by atoms with E-state index < -0.39 is 28.8 Å². The Morgan fingerprint density at radius 2 is 1.96 bits per heavy atom. The molecule has 142 valence electrons. The van der Waals surface area contributed by atoms with Crippen LogP contribution >= 0.6 is 0 Å². The SMILES string of the molecule is COc1cc(NC(=O)NS(=O)(=O)N2CC(C(=O)O)=CN2C)nc(OC)c1. The molecule has 1 aromatic heterocycles. The molecule has 12 nitrogen and oxygen atoms in total. The van der Waals surface area contributed by atoms with Crippen LogP contribution in [0.5, 0.6) is 11.6 Å². The number of carbonyl (C=O) groups is 2. The number of nitrogens with zero attached hydrogens (tertiary/aromatic N) is 3. The smallest absolute Gasteiger partial charge is 0.335 e. The van der Waals surface area contributed by atoms with Crippen molar-refractivity contribution in [2.75, 3.05) is 33.1 Å². The normalized spacial score (nSPS) is 14.6. The monoisotopic (exact) mass is 387 g/mol. The maximum Gasteiger partial charge on any atom is 0.335 e. The lowest BCUT2D eigenvalue weighted by atomic mass is 10.3. The molecule has 0 atom stereocenters. The molecule has 0 unspecified atom stereocenters. The van der Waals surface area contributed by atoms with Crippen LogP contribution in [0, 0.1) is 0 Å². The summed E-state index contributed by atoms with van der Waals surface area (Å²) in [6.07, 6.45) is 1.13. The molecular formula is C13H17N5O7S. The number of hydrazine groups is 1. The maximum absolute atomic E-state index is 12.3. The average Bonchev–Trinajstić information content (AvgIpc) is 2.96. The maximum atomic E-state index is 12.3. The molecule has 0 spiro atoms. The minimum Gasteiger partial charge on any atom is -0.496 e. The third kappa shape index (κ3) is 4.31. The Kier molecular flexibility index (Phi) is 5.52. The Balaban J connectivity index is 2.09. The summed E-state index contributed by atoms with van der Waals surface area (Å²) in [6, 6.07) is 1.74. The van der Waals surface area contributed by atoms with E-state index in [1.807, 2.05) is 0 Å². The average molecular weight is 387 g/mol. The molecule has 2 rings (SSSR count). The highest BCUT2D eigenvalue weighted by Crippen LogP contribution is 2.22. The van der Waals surface area contributed by atoms with Crippen molar-refractivity contribution in [3.8, 4) is 11.6 Å². The van der Waals surface area contributed by atoms with Gasteiger partial charge >= 0.3 is 22.2 Å². The number of carbonyl (C=O) groups excluding carboxylic acids is 1. The summed E-state index contributed by atoms with van der Waals surface area (Å²) in [6.45, 7) is -0.417. The van der Waals surface area contributed by atoms with E-state index in [0.717, 1.165) is 11.2 Å². The van der Waals surface area contributed by atoms with E-state index >= 15 is 0 Å². The van der Waals surface area contributed by atoms with Gasteiger partial charge in [-0.1, -0.05) is 4.41 Å². The minimum absolute atomic E-state index is 0.00646. The number of hydrogen-bond donors (Lipinski definition) is 3. The second kappa shape index (κ2) is 7.45. The van der Waals surface area contributed by atoms with Crippen LogP contribution < -0.4 is 19.5 Å². The highest BCUT2D eigenvalue weighted by atomic mass is 32.2. The largest absolute Gasteiger partial charge is 0.496 e. The molecule has 0 saturated carbocycles. The fraction of sp³-hybridized carbons (Fsp3) is 0.308. The molecule has 2 amide bonds. The first-order valence-corrected chi connectivity index (χ1v) is 8.48. The van der Waals surface area contributed by atoms with Crippen LogP contribution in [0.3, 0.4) is 0 Å². The van der Waals surface area contributed by atoms with E-state index in [-0.39, 0.29) is 17.3 Å². The number of methoxy groups -OCH3 is 2. The van der Waals surface area contributed by atoms with Gasteiger partial charge in [-0.3, -0.25) is 5.32 Å². The standard InChI is InChI=1S/C13H17N5O7S/c1-17-6-8(12(19)20)7-18(17)26(22,23)16-13(21)15-10-4-9(24-2)5-11(14-10)25-3/h4-6H,7H2,1-3H3,(H,19,20)(H2,14,15,16,21). The Morgan fingerprint density at radius 3 is 2.50 bits per heavy atom. The zero-order chi connectivity index (χ0) is 19.5. The van der Waals surface area contributed by atoms with E-state index in [1.54, 1.807) is 4.72 Å². The number of rotatable bonds is 6. The van der Waals surface area contributed by atoms with Gasteiger partial charge in [-0.15, -0.1) is 0 Å². The number of pyridine rings is 1. The summed E-state index contributed by atoms with van der Waals surface area (Å²) < 4.78 is 37.0. The number of hydrogen-bond acceptors (Lipinski definition) is 8. The molecule has 0 saturated heterocycles. The molecule has 26 heavy (non-hydrogen) atoms. The molecule has 1 aliphatic rings. The molecule has 0 fully saturated rings. The van der Waals surface area contributed by atoms with Crippen LogP contribution in [-0.2, 0) is 15.0 Å². The van der Waals surface area contributed by atoms with Crippen molar-refractivity contribution in [1.82, 2.24) is 19.1 Å². The number of ether oxygens (including phenoxy) is 2. The number of urea groups is 1. The van der Waals surface area contributed by atoms with Crippen LogP contribution in [0.1, 0.15) is 0 Å². The zero-order valence-electron chi connectivity index (χ0n) is 14.1. The van der Waals surface area contributed by atoms with Gasteiger partial charge in [0.1, 0.15) is 11.6 Å². The first-order valence-electron chi connectivity index (χ1n) is 7.04. The molecular weight excluding hydrogens is 370 g/mol. The molecule has 0 aliphatic carbocycles. The second-order valence-electron chi connectivity index (χ2n) is 5.01. The van der Waals surface area contributed by atoms with Crippen molar-refractivity contribution in [2.24, 2.45) is 0 Å². The first-order chi connectivity index (χ1) is 12.2. The summed E-state index contributed by atoms with van der Waals surface area (Å²) >= 11 is 0. The lowest BCUT2D eigenvalue weighted by Crippen LogP contribution is -2.48. The van der Waals surface area contributed by atoms with Gasteiger partial charge in [-0.05, 0) is 0 Å². The first kappa shape index (κ1) is 19.3. The van der Waals surface area contributed by atoms with Gasteiger partial charge in [-0.2, -0.15) is 13.4 Å². The van der Waals surface area contributed by atoms with Crippen LogP contribution in [0.2, 0.25) is 0 Å². The van der Waals surface area contributed by atoms with Gasteiger partial charge in [0.25, 0.3) is 0 Å². The van der Waals surface area contributed by atoms with Gasteiger partial charge in [0, 0.05) is 25.4 Å². The summed E-state index contributed by atoms with van der Waals surface area (Å²) in [5.41, 5.74) is -0.141. The van der Waals surface area contributed by atoms with Gasteiger partial charge < -0.3 is 19.6 Å². The lowest BCUT2D eigenvalue weighted by Gasteiger charge is -2.24. The zero-order valence-corrected chi connectivity index (χ0v) is 14.9. The Hall–Kier alpha value is -3.06. The quantitative estimate of drug-likeness (QED) is 0.592. The minimum atomic E-state index is -4.33. The van der Waals surface area contributed by atoms with Crippen molar-refractivity contribution in [3.05, 3.63) is 23.9 Å². The van der Waals surface area contributed by atoms with E-state index in [4.69, 9.17) is 14.6 Å². The third-order valence-corrected chi connectivity index (χ3v) is 4.62. The molecule has 0 radical (unpaired) electrons. The van der Waals surface area contributed by atoms with Crippen molar-refractivity contribution >= 4 is 28.0 Å². The fourth-order valence-corrected chi connectivity index (χ4v) is 3.13. The molecule has 0 bridgehead atoms. The van der Waals surface area contributed by atoms with Crippen LogP contribution in [0.25, 0.3) is 0 Å². The van der Waals surface area contributed by atoms with Gasteiger partial charge in [-0.25, -0.2) is 14.3 Å². The summed E-state index contributed by atoms with van der Waals surface area (Å²) in [4.78, 5) is 26.9. The lowest BCUT2D eigenvalue weighted by molar-refractivity contribution is -0.132. The van der Waals surface area contributed by atoms with Gasteiger partial charge in [0.2, 0.25) is 5.88 Å². The number of aromatic nitrogens is 1. The van der Waals surface area contributed by atoms with Crippen molar-refractivity contribution in [1.29, 1.82) is 0 Å². The predicted octanol–water partition coefficient (Wildman–Crippen LogP) is -0.404. The summed E-state index contributed by atoms with van der Waals surface area (Å²) in [5.74, 6) is -0.777. The highest BCUT2D eigenvalue weighted by molar-refractivity contribution is 7.87. The number of carboxylic acid groups (broad SMARTS) is 1. The molecule has 1 aromatic rings. The van der Waals surface area contributed by atoms with Crippen LogP contribution in [0.15, 0.2) is 23.9 Å². The van der Waals surface area contributed by atoms with Gasteiger partial charge in [0.05, 0.1) is 26.3 Å². The topological polar surface area (TPSA) is 150 Å². The highest BCUT2D eigenvalue weighted by Gasteiger charge is 2.34. The Labute approximate surface area is 149 Å². The number of amides is 2. The Morgan fingerprint density at radius 1 is 1.27 bits per heavy atom.